The van der Waals surface area contributed by atoms with Crippen LogP contribution in [0.3, 0.4) is 0 Å². The van der Waals surface area contributed by atoms with Crippen LogP contribution in [0.25, 0.3) is 0 Å². The van der Waals surface area contributed by atoms with E-state index in [1.807, 2.05) is 31.3 Å². The van der Waals surface area contributed by atoms with Crippen molar-refractivity contribution < 1.29 is 9.53 Å². The Morgan fingerprint density at radius 1 is 1.25 bits per heavy atom. The number of aliphatic hydroxyl groups is 1. The first-order valence-electron chi connectivity index (χ1n) is 5.56. The van der Waals surface area contributed by atoms with Gasteiger partial charge in [0.05, 0.1) is 0 Å². The quantitative estimate of drug-likeness (QED) is 0.646. The van der Waals surface area contributed by atoms with E-state index in [0.717, 1.165) is 5.56 Å². The fraction of sp³-hybridized carbons (Fsp3) is 0.538. The highest BCUT2D eigenvalue weighted by Crippen LogP contribution is 2.25. The number of hydrogen-bond acceptors (Lipinski definition) is 2. The zero-order valence-corrected chi connectivity index (χ0v) is 11.7. The molecule has 1 radical (unpaired) electrons. The van der Waals surface area contributed by atoms with Crippen LogP contribution in [0.2, 0.25) is 13.1 Å². The Hall–Kier alpha value is -0.643. The average Bonchev–Trinajstić information content (AvgIpc) is 2.15. The molecule has 2 nitrogen and oxygen atoms in total. The molecular formula is C13H21O2Si. The van der Waals surface area contributed by atoms with E-state index >= 15 is 0 Å². The zero-order chi connectivity index (χ0) is 12.3. The van der Waals surface area contributed by atoms with Gasteiger partial charge in [0.1, 0.15) is 0 Å². The summed E-state index contributed by atoms with van der Waals surface area (Å²) < 4.78 is 5.46. The van der Waals surface area contributed by atoms with Crippen LogP contribution in [0.1, 0.15) is 38.2 Å². The van der Waals surface area contributed by atoms with E-state index in [-0.39, 0.29) is 5.41 Å². The fourth-order valence-corrected chi connectivity index (χ4v) is 2.03. The Morgan fingerprint density at radius 3 is 2.38 bits per heavy atom. The average molecular weight is 237 g/mol. The smallest absolute Gasteiger partial charge is 0.208 e. The maximum absolute atomic E-state index is 9.88. The molecule has 0 aromatic heterocycles. The molecule has 0 heterocycles. The fourth-order valence-electron chi connectivity index (χ4n) is 1.45. The molecule has 89 valence electrons. The van der Waals surface area contributed by atoms with Crippen LogP contribution in [-0.2, 0) is 9.84 Å². The molecule has 0 amide bonds. The molecule has 0 spiro atoms. The largest absolute Gasteiger partial charge is 0.389 e. The summed E-state index contributed by atoms with van der Waals surface area (Å²) in [6.45, 7) is 10.5. The van der Waals surface area contributed by atoms with Gasteiger partial charge in [0.2, 0.25) is 9.04 Å². The van der Waals surface area contributed by atoms with Crippen molar-refractivity contribution >= 4 is 9.04 Å². The Balaban J connectivity index is 2.90. The predicted octanol–water partition coefficient (Wildman–Crippen LogP) is 3.24. The van der Waals surface area contributed by atoms with E-state index in [1.54, 1.807) is 0 Å². The summed E-state index contributed by atoms with van der Waals surface area (Å²) in [6, 6.07) is 7.99. The summed E-state index contributed by atoms with van der Waals surface area (Å²) in [5.41, 5.74) is 2.16. The van der Waals surface area contributed by atoms with Gasteiger partial charge in [-0.2, -0.15) is 0 Å². The van der Waals surface area contributed by atoms with Crippen LogP contribution in [-0.4, -0.2) is 14.1 Å². The summed E-state index contributed by atoms with van der Waals surface area (Å²) >= 11 is 0. The van der Waals surface area contributed by atoms with Crippen molar-refractivity contribution in [2.24, 2.45) is 0 Å². The maximum atomic E-state index is 9.88. The second-order valence-corrected chi connectivity index (χ2v) is 7.31. The van der Waals surface area contributed by atoms with Crippen LogP contribution in [0, 0.1) is 0 Å². The molecule has 0 aliphatic rings. The van der Waals surface area contributed by atoms with Gasteiger partial charge in [-0.05, 0) is 24.1 Å². The minimum absolute atomic E-state index is 0.0991. The zero-order valence-electron chi connectivity index (χ0n) is 10.7. The molecule has 0 fully saturated rings. The van der Waals surface area contributed by atoms with Crippen LogP contribution in [0.5, 0.6) is 0 Å². The van der Waals surface area contributed by atoms with Crippen molar-refractivity contribution in [3.63, 3.8) is 0 Å². The number of hydrogen-bond donors (Lipinski definition) is 1. The Labute approximate surface area is 100.0 Å². The van der Waals surface area contributed by atoms with Crippen molar-refractivity contribution in [2.45, 2.75) is 45.6 Å². The van der Waals surface area contributed by atoms with Crippen molar-refractivity contribution in [1.82, 2.24) is 0 Å². The van der Waals surface area contributed by atoms with Crippen LogP contribution in [0.4, 0.5) is 0 Å². The van der Waals surface area contributed by atoms with E-state index in [0.29, 0.717) is 0 Å². The number of benzene rings is 1. The lowest BCUT2D eigenvalue weighted by molar-refractivity contribution is -0.0212. The van der Waals surface area contributed by atoms with Gasteiger partial charge in [0.15, 0.2) is 6.29 Å². The van der Waals surface area contributed by atoms with Gasteiger partial charge in [-0.3, -0.25) is 0 Å². The lowest BCUT2D eigenvalue weighted by Gasteiger charge is -2.21. The molecule has 1 atom stereocenters. The molecule has 1 N–H and O–H groups in total. The monoisotopic (exact) mass is 237 g/mol. The Kier molecular flexibility index (Phi) is 4.30. The molecule has 16 heavy (non-hydrogen) atoms. The molecule has 0 aliphatic carbocycles. The Bertz CT molecular complexity index is 342. The van der Waals surface area contributed by atoms with Gasteiger partial charge in [-0.25, -0.2) is 0 Å². The van der Waals surface area contributed by atoms with Crippen LogP contribution in [0.15, 0.2) is 24.3 Å². The molecule has 1 unspecified atom stereocenters. The topological polar surface area (TPSA) is 29.5 Å². The normalized spacial score (nSPS) is 14.2. The lowest BCUT2D eigenvalue weighted by atomic mass is 9.86. The molecule has 1 aromatic carbocycles. The summed E-state index contributed by atoms with van der Waals surface area (Å²) in [5, 5.41) is 9.88. The first-order valence-corrected chi connectivity index (χ1v) is 7.97. The summed E-state index contributed by atoms with van der Waals surface area (Å²) in [5.74, 6) is 0. The van der Waals surface area contributed by atoms with Gasteiger partial charge in [0.25, 0.3) is 0 Å². The first-order chi connectivity index (χ1) is 7.30. The van der Waals surface area contributed by atoms with E-state index in [1.165, 1.54) is 5.56 Å². The molecule has 1 rings (SSSR count). The van der Waals surface area contributed by atoms with Gasteiger partial charge < -0.3 is 9.53 Å². The molecule has 0 bridgehead atoms. The van der Waals surface area contributed by atoms with Crippen molar-refractivity contribution in [3.8, 4) is 0 Å². The maximum Gasteiger partial charge on any atom is 0.208 e. The minimum Gasteiger partial charge on any atom is -0.389 e. The standard InChI is InChI=1S/C13H21O2Si/c1-13(2,3)11-8-6-7-10(9-11)12(14)15-16(4)5/h6-9,12,14H,1-5H3. The summed E-state index contributed by atoms with van der Waals surface area (Å²) in [7, 11) is -0.879. The number of rotatable bonds is 3. The highest BCUT2D eigenvalue weighted by Gasteiger charge is 2.16. The van der Waals surface area contributed by atoms with Gasteiger partial charge >= 0.3 is 0 Å². The third-order valence-electron chi connectivity index (χ3n) is 2.39. The lowest BCUT2D eigenvalue weighted by Crippen LogP contribution is -2.15. The third kappa shape index (κ3) is 3.74. The van der Waals surface area contributed by atoms with Gasteiger partial charge in [-0.15, -0.1) is 0 Å². The summed E-state index contributed by atoms with van der Waals surface area (Å²) in [4.78, 5) is 0. The van der Waals surface area contributed by atoms with E-state index in [9.17, 15) is 5.11 Å². The second-order valence-electron chi connectivity index (χ2n) is 5.25. The highest BCUT2D eigenvalue weighted by atomic mass is 28.3. The van der Waals surface area contributed by atoms with Crippen molar-refractivity contribution in [1.29, 1.82) is 0 Å². The van der Waals surface area contributed by atoms with Crippen molar-refractivity contribution in [2.75, 3.05) is 0 Å². The van der Waals surface area contributed by atoms with Crippen LogP contribution < -0.4 is 0 Å². The molecule has 0 saturated heterocycles. The van der Waals surface area contributed by atoms with Crippen molar-refractivity contribution in [3.05, 3.63) is 35.4 Å². The highest BCUT2D eigenvalue weighted by molar-refractivity contribution is 6.48. The Morgan fingerprint density at radius 2 is 1.88 bits per heavy atom. The van der Waals surface area contributed by atoms with E-state index in [4.69, 9.17) is 4.43 Å². The molecular weight excluding hydrogens is 216 g/mol. The van der Waals surface area contributed by atoms with E-state index in [2.05, 4.69) is 26.8 Å². The van der Waals surface area contributed by atoms with Gasteiger partial charge in [0, 0.05) is 5.56 Å². The van der Waals surface area contributed by atoms with Crippen LogP contribution >= 0.6 is 0 Å². The predicted molar refractivity (Wildman–Crippen MR) is 68.7 cm³/mol. The first kappa shape index (κ1) is 13.4. The molecule has 0 aliphatic heterocycles. The SMILES string of the molecule is C[Si](C)OC(O)c1cccc(C(C)(C)C)c1. The molecule has 3 heteroatoms. The number of aliphatic hydroxyl groups excluding tert-OH is 1. The van der Waals surface area contributed by atoms with E-state index < -0.39 is 15.3 Å². The third-order valence-corrected chi connectivity index (χ3v) is 3.08. The summed E-state index contributed by atoms with van der Waals surface area (Å²) in [6.07, 6.45) is -0.786. The van der Waals surface area contributed by atoms with Gasteiger partial charge in [-0.1, -0.05) is 45.0 Å². The molecule has 0 saturated carbocycles. The minimum atomic E-state index is -0.879. The molecule has 1 aromatic rings. The second kappa shape index (κ2) is 5.12.